The average molecular weight is 189 g/mol. The monoisotopic (exact) mass is 188 g/mol. The van der Waals surface area contributed by atoms with Crippen LogP contribution in [0.4, 0.5) is 0 Å². The lowest BCUT2D eigenvalue weighted by molar-refractivity contribution is 0.209. The highest BCUT2D eigenvalue weighted by Crippen LogP contribution is 2.08. The second kappa shape index (κ2) is 5.16. The number of halogens is 2. The number of nitrogens with two attached hydrogens (primary N) is 1. The normalized spacial score (nSPS) is 30.6. The minimum Gasteiger partial charge on any atom is -0.394 e. The van der Waals surface area contributed by atoms with E-state index in [-0.39, 0.29) is 37.0 Å². The van der Waals surface area contributed by atoms with E-state index in [1.807, 2.05) is 0 Å². The highest BCUT2D eigenvalue weighted by atomic mass is 35.5. The first-order valence-electron chi connectivity index (χ1n) is 2.87. The summed E-state index contributed by atoms with van der Waals surface area (Å²) >= 11 is 0. The van der Waals surface area contributed by atoms with Crippen LogP contribution in [0.3, 0.4) is 0 Å². The maximum atomic E-state index is 8.66. The van der Waals surface area contributed by atoms with Crippen LogP contribution in [0.25, 0.3) is 0 Å². The molecule has 0 radical (unpaired) electrons. The topological polar surface area (TPSA) is 58.3 Å². The molecule has 1 unspecified atom stereocenters. The Morgan fingerprint density at radius 2 is 2.10 bits per heavy atom. The molecule has 0 spiro atoms. The standard InChI is InChI=1S/C5H12N2O.2ClH/c6-5(4-8)1-2-7-3-5;;/h7-8H,1-4,6H2;2*1H. The number of aliphatic hydroxyl groups is 1. The van der Waals surface area contributed by atoms with Crippen LogP contribution in [0.5, 0.6) is 0 Å². The van der Waals surface area contributed by atoms with Crippen LogP contribution in [0.2, 0.25) is 0 Å². The Morgan fingerprint density at radius 3 is 2.30 bits per heavy atom. The molecular weight excluding hydrogens is 175 g/mol. The minimum atomic E-state index is -0.319. The number of hydrogen-bond donors (Lipinski definition) is 3. The Bertz CT molecular complexity index is 85.7. The van der Waals surface area contributed by atoms with E-state index in [1.165, 1.54) is 0 Å². The zero-order chi connectivity index (χ0) is 6.04. The van der Waals surface area contributed by atoms with Crippen molar-refractivity contribution in [2.45, 2.75) is 12.0 Å². The molecule has 5 heteroatoms. The van der Waals surface area contributed by atoms with Crippen molar-refractivity contribution < 1.29 is 5.11 Å². The molecule has 0 amide bonds. The predicted molar refractivity (Wildman–Crippen MR) is 46.0 cm³/mol. The summed E-state index contributed by atoms with van der Waals surface area (Å²) in [6, 6.07) is 0. The Labute approximate surface area is 73.2 Å². The molecule has 1 aliphatic heterocycles. The highest BCUT2D eigenvalue weighted by Gasteiger charge is 2.27. The Balaban J connectivity index is 0. The van der Waals surface area contributed by atoms with Crippen LogP contribution in [-0.4, -0.2) is 30.3 Å². The van der Waals surface area contributed by atoms with Crippen molar-refractivity contribution in [3.05, 3.63) is 0 Å². The molecule has 0 aromatic carbocycles. The Hall–Kier alpha value is 0.460. The van der Waals surface area contributed by atoms with E-state index in [2.05, 4.69) is 5.32 Å². The van der Waals surface area contributed by atoms with Gasteiger partial charge < -0.3 is 16.2 Å². The van der Waals surface area contributed by atoms with E-state index in [4.69, 9.17) is 10.8 Å². The summed E-state index contributed by atoms with van der Waals surface area (Å²) in [5.74, 6) is 0. The van der Waals surface area contributed by atoms with Crippen LogP contribution >= 0.6 is 24.8 Å². The lowest BCUT2D eigenvalue weighted by atomic mass is 10.0. The summed E-state index contributed by atoms with van der Waals surface area (Å²) in [7, 11) is 0. The van der Waals surface area contributed by atoms with E-state index in [1.54, 1.807) is 0 Å². The van der Waals surface area contributed by atoms with E-state index in [9.17, 15) is 0 Å². The third-order valence-electron chi connectivity index (χ3n) is 1.59. The maximum Gasteiger partial charge on any atom is 0.0624 e. The number of aliphatic hydroxyl groups excluding tert-OH is 1. The maximum absolute atomic E-state index is 8.66. The van der Waals surface area contributed by atoms with Gasteiger partial charge in [-0.3, -0.25) is 0 Å². The van der Waals surface area contributed by atoms with Crippen molar-refractivity contribution in [1.29, 1.82) is 0 Å². The molecule has 0 aliphatic carbocycles. The van der Waals surface area contributed by atoms with Gasteiger partial charge in [-0.2, -0.15) is 0 Å². The molecule has 1 atom stereocenters. The van der Waals surface area contributed by atoms with Crippen LogP contribution in [-0.2, 0) is 0 Å². The summed E-state index contributed by atoms with van der Waals surface area (Å²) in [5, 5.41) is 11.7. The average Bonchev–Trinajstić information content (AvgIpc) is 2.17. The fourth-order valence-electron chi connectivity index (χ4n) is 0.898. The molecule has 1 aliphatic rings. The fourth-order valence-corrected chi connectivity index (χ4v) is 0.898. The molecule has 1 fully saturated rings. The summed E-state index contributed by atoms with van der Waals surface area (Å²) in [6.07, 6.45) is 0.892. The summed E-state index contributed by atoms with van der Waals surface area (Å²) in [5.41, 5.74) is 5.33. The molecule has 0 saturated carbocycles. The second-order valence-corrected chi connectivity index (χ2v) is 2.45. The van der Waals surface area contributed by atoms with Gasteiger partial charge in [0.25, 0.3) is 0 Å². The molecule has 1 saturated heterocycles. The highest BCUT2D eigenvalue weighted by molar-refractivity contribution is 5.85. The summed E-state index contributed by atoms with van der Waals surface area (Å²) in [4.78, 5) is 0. The molecule has 1 heterocycles. The predicted octanol–water partition coefficient (Wildman–Crippen LogP) is -0.487. The Morgan fingerprint density at radius 1 is 1.50 bits per heavy atom. The molecular formula is C5H14Cl2N2O. The largest absolute Gasteiger partial charge is 0.394 e. The van der Waals surface area contributed by atoms with Gasteiger partial charge in [0.05, 0.1) is 12.1 Å². The van der Waals surface area contributed by atoms with Gasteiger partial charge >= 0.3 is 0 Å². The molecule has 64 valence electrons. The van der Waals surface area contributed by atoms with Gasteiger partial charge in [-0.15, -0.1) is 24.8 Å². The van der Waals surface area contributed by atoms with Gasteiger partial charge in [0.1, 0.15) is 0 Å². The number of rotatable bonds is 1. The summed E-state index contributed by atoms with van der Waals surface area (Å²) < 4.78 is 0. The third kappa shape index (κ3) is 3.03. The van der Waals surface area contributed by atoms with Crippen LogP contribution < -0.4 is 11.1 Å². The van der Waals surface area contributed by atoms with Gasteiger partial charge in [-0.05, 0) is 13.0 Å². The molecule has 0 aromatic heterocycles. The van der Waals surface area contributed by atoms with Crippen molar-refractivity contribution in [2.24, 2.45) is 5.73 Å². The number of hydrogen-bond acceptors (Lipinski definition) is 3. The smallest absolute Gasteiger partial charge is 0.0624 e. The molecule has 3 nitrogen and oxygen atoms in total. The first kappa shape index (κ1) is 13.1. The zero-order valence-corrected chi connectivity index (χ0v) is 7.30. The molecule has 1 rings (SSSR count). The van der Waals surface area contributed by atoms with Crippen molar-refractivity contribution in [3.8, 4) is 0 Å². The van der Waals surface area contributed by atoms with E-state index < -0.39 is 0 Å². The number of nitrogens with one attached hydrogen (secondary N) is 1. The van der Waals surface area contributed by atoms with E-state index >= 15 is 0 Å². The zero-order valence-electron chi connectivity index (χ0n) is 5.67. The molecule has 0 aromatic rings. The summed E-state index contributed by atoms with van der Waals surface area (Å²) in [6.45, 7) is 1.79. The lowest BCUT2D eigenvalue weighted by Gasteiger charge is -2.17. The van der Waals surface area contributed by atoms with Gasteiger partial charge in [0.15, 0.2) is 0 Å². The van der Waals surface area contributed by atoms with Crippen molar-refractivity contribution >= 4 is 24.8 Å². The van der Waals surface area contributed by atoms with Crippen LogP contribution in [0.1, 0.15) is 6.42 Å². The van der Waals surface area contributed by atoms with E-state index in [0.717, 1.165) is 19.5 Å². The first-order chi connectivity index (χ1) is 3.77. The van der Waals surface area contributed by atoms with Crippen molar-refractivity contribution in [2.75, 3.05) is 19.7 Å². The second-order valence-electron chi connectivity index (χ2n) is 2.45. The molecule has 0 bridgehead atoms. The van der Waals surface area contributed by atoms with Crippen LogP contribution in [0.15, 0.2) is 0 Å². The Kier molecular flexibility index (Phi) is 6.74. The van der Waals surface area contributed by atoms with Crippen molar-refractivity contribution in [1.82, 2.24) is 5.32 Å². The first-order valence-corrected chi connectivity index (χ1v) is 2.87. The SMILES string of the molecule is Cl.Cl.NC1(CO)CCNC1. The van der Waals surface area contributed by atoms with Crippen LogP contribution in [0, 0.1) is 0 Å². The fraction of sp³-hybridized carbons (Fsp3) is 1.00. The van der Waals surface area contributed by atoms with Gasteiger partial charge in [0, 0.05) is 6.54 Å². The lowest BCUT2D eigenvalue weighted by Crippen LogP contribution is -2.45. The van der Waals surface area contributed by atoms with Gasteiger partial charge in [-0.25, -0.2) is 0 Å². The van der Waals surface area contributed by atoms with Gasteiger partial charge in [0.2, 0.25) is 0 Å². The van der Waals surface area contributed by atoms with Crippen molar-refractivity contribution in [3.63, 3.8) is 0 Å². The molecule has 10 heavy (non-hydrogen) atoms. The van der Waals surface area contributed by atoms with E-state index in [0.29, 0.717) is 0 Å². The third-order valence-corrected chi connectivity index (χ3v) is 1.59. The van der Waals surface area contributed by atoms with Gasteiger partial charge in [-0.1, -0.05) is 0 Å². The quantitative estimate of drug-likeness (QED) is 0.521. The molecule has 4 N–H and O–H groups in total. The minimum absolute atomic E-state index is 0.